The first kappa shape index (κ1) is 11.7. The van der Waals surface area contributed by atoms with Gasteiger partial charge >= 0.3 is 0 Å². The molecule has 1 aromatic rings. The van der Waals surface area contributed by atoms with E-state index in [4.69, 9.17) is 4.42 Å². The number of likely N-dealkylation sites (N-methyl/N-ethyl adjacent to an activating group) is 1. The lowest BCUT2D eigenvalue weighted by molar-refractivity contribution is 0.287. The van der Waals surface area contributed by atoms with E-state index in [0.717, 1.165) is 18.1 Å². The number of likely N-dealkylation sites (tertiary alicyclic amines) is 1. The maximum absolute atomic E-state index is 5.61. The molecule has 1 aliphatic heterocycles. The van der Waals surface area contributed by atoms with Gasteiger partial charge in [0.2, 0.25) is 0 Å². The van der Waals surface area contributed by atoms with Crippen LogP contribution in [0.5, 0.6) is 0 Å². The van der Waals surface area contributed by atoms with Crippen LogP contribution in [0.25, 0.3) is 0 Å². The van der Waals surface area contributed by atoms with Gasteiger partial charge in [-0.05, 0) is 52.4 Å². The van der Waals surface area contributed by atoms with E-state index in [1.54, 1.807) is 0 Å². The topological polar surface area (TPSA) is 28.4 Å². The van der Waals surface area contributed by atoms with Crippen LogP contribution in [0, 0.1) is 6.92 Å². The van der Waals surface area contributed by atoms with Gasteiger partial charge in [0, 0.05) is 12.6 Å². The third kappa shape index (κ3) is 2.66. The van der Waals surface area contributed by atoms with E-state index in [9.17, 15) is 0 Å². The molecule has 2 unspecified atom stereocenters. The van der Waals surface area contributed by atoms with Gasteiger partial charge in [0.05, 0.1) is 6.04 Å². The molecule has 2 rings (SSSR count). The van der Waals surface area contributed by atoms with Crippen molar-refractivity contribution in [3.8, 4) is 0 Å². The third-order valence-electron chi connectivity index (χ3n) is 3.52. The van der Waals surface area contributed by atoms with E-state index in [0.29, 0.717) is 12.1 Å². The minimum Gasteiger partial charge on any atom is -0.465 e. The smallest absolute Gasteiger partial charge is 0.120 e. The zero-order valence-electron chi connectivity index (χ0n) is 10.5. The van der Waals surface area contributed by atoms with E-state index in [1.165, 1.54) is 19.4 Å². The Labute approximate surface area is 97.8 Å². The lowest BCUT2D eigenvalue weighted by Gasteiger charge is -2.21. The quantitative estimate of drug-likeness (QED) is 0.847. The van der Waals surface area contributed by atoms with Crippen LogP contribution in [-0.4, -0.2) is 31.1 Å². The van der Waals surface area contributed by atoms with E-state index in [-0.39, 0.29) is 0 Å². The lowest BCUT2D eigenvalue weighted by atomic mass is 10.2. The fraction of sp³-hybridized carbons (Fsp3) is 0.692. The minimum absolute atomic E-state index is 0.308. The average molecular weight is 222 g/mol. The van der Waals surface area contributed by atoms with Crippen molar-refractivity contribution in [1.82, 2.24) is 10.2 Å². The molecule has 3 nitrogen and oxygen atoms in total. The molecule has 90 valence electrons. The van der Waals surface area contributed by atoms with Crippen LogP contribution in [0.3, 0.4) is 0 Å². The van der Waals surface area contributed by atoms with E-state index in [2.05, 4.69) is 30.3 Å². The highest BCUT2D eigenvalue weighted by molar-refractivity contribution is 5.08. The highest BCUT2D eigenvalue weighted by atomic mass is 16.3. The second kappa shape index (κ2) is 5.02. The van der Waals surface area contributed by atoms with Crippen LogP contribution in [0.4, 0.5) is 0 Å². The average Bonchev–Trinajstić information content (AvgIpc) is 2.84. The minimum atomic E-state index is 0.308. The Bertz CT molecular complexity index is 334. The maximum Gasteiger partial charge on any atom is 0.120 e. The number of hydrogen-bond acceptors (Lipinski definition) is 3. The molecule has 0 radical (unpaired) electrons. The summed E-state index contributed by atoms with van der Waals surface area (Å²) in [7, 11) is 2.21. The van der Waals surface area contributed by atoms with E-state index < -0.39 is 0 Å². The summed E-state index contributed by atoms with van der Waals surface area (Å²) in [6.45, 7) is 6.44. The fourth-order valence-corrected chi connectivity index (χ4v) is 2.34. The molecular formula is C13H22N2O. The van der Waals surface area contributed by atoms with Crippen molar-refractivity contribution in [2.24, 2.45) is 0 Å². The predicted molar refractivity (Wildman–Crippen MR) is 65.5 cm³/mol. The van der Waals surface area contributed by atoms with Gasteiger partial charge in [-0.1, -0.05) is 0 Å². The first-order chi connectivity index (χ1) is 7.66. The van der Waals surface area contributed by atoms with Crippen molar-refractivity contribution in [3.63, 3.8) is 0 Å². The zero-order valence-corrected chi connectivity index (χ0v) is 10.5. The van der Waals surface area contributed by atoms with Crippen LogP contribution in [0.1, 0.15) is 37.3 Å². The monoisotopic (exact) mass is 222 g/mol. The van der Waals surface area contributed by atoms with Gasteiger partial charge in [0.1, 0.15) is 11.5 Å². The van der Waals surface area contributed by atoms with Gasteiger partial charge < -0.3 is 14.6 Å². The van der Waals surface area contributed by atoms with Crippen molar-refractivity contribution in [3.05, 3.63) is 23.7 Å². The highest BCUT2D eigenvalue weighted by Gasteiger charge is 2.21. The summed E-state index contributed by atoms with van der Waals surface area (Å²) in [5.74, 6) is 2.03. The van der Waals surface area contributed by atoms with Crippen LogP contribution < -0.4 is 5.32 Å². The van der Waals surface area contributed by atoms with Gasteiger partial charge in [0.25, 0.3) is 0 Å². The zero-order chi connectivity index (χ0) is 11.5. The molecule has 16 heavy (non-hydrogen) atoms. The van der Waals surface area contributed by atoms with Crippen molar-refractivity contribution in [2.75, 3.05) is 20.1 Å². The molecule has 1 N–H and O–H groups in total. The Morgan fingerprint density at radius 2 is 2.38 bits per heavy atom. The molecule has 1 aromatic heterocycles. The Hall–Kier alpha value is -0.800. The first-order valence-electron chi connectivity index (χ1n) is 6.17. The van der Waals surface area contributed by atoms with Crippen molar-refractivity contribution in [2.45, 2.75) is 38.8 Å². The largest absolute Gasteiger partial charge is 0.465 e. The molecule has 0 aromatic carbocycles. The molecular weight excluding hydrogens is 200 g/mol. The Morgan fingerprint density at radius 1 is 1.56 bits per heavy atom. The molecule has 0 aliphatic carbocycles. The number of rotatable bonds is 4. The molecule has 2 heterocycles. The summed E-state index contributed by atoms with van der Waals surface area (Å²) in [4.78, 5) is 2.44. The number of aryl methyl sites for hydroxylation is 1. The second-order valence-corrected chi connectivity index (χ2v) is 4.86. The molecule has 1 aliphatic rings. The normalized spacial score (nSPS) is 23.8. The van der Waals surface area contributed by atoms with Crippen molar-refractivity contribution < 1.29 is 4.42 Å². The summed E-state index contributed by atoms with van der Waals surface area (Å²) in [6, 6.07) is 5.09. The van der Waals surface area contributed by atoms with Gasteiger partial charge in [0.15, 0.2) is 0 Å². The van der Waals surface area contributed by atoms with E-state index in [1.807, 2.05) is 13.0 Å². The number of furan rings is 1. The van der Waals surface area contributed by atoms with Crippen LogP contribution in [0.2, 0.25) is 0 Å². The Kier molecular flexibility index (Phi) is 3.66. The van der Waals surface area contributed by atoms with Gasteiger partial charge in [-0.25, -0.2) is 0 Å². The highest BCUT2D eigenvalue weighted by Crippen LogP contribution is 2.18. The summed E-state index contributed by atoms with van der Waals surface area (Å²) >= 11 is 0. The van der Waals surface area contributed by atoms with Crippen molar-refractivity contribution in [1.29, 1.82) is 0 Å². The molecule has 0 amide bonds. The van der Waals surface area contributed by atoms with E-state index >= 15 is 0 Å². The van der Waals surface area contributed by atoms with Crippen molar-refractivity contribution >= 4 is 0 Å². The molecule has 2 atom stereocenters. The molecule has 1 saturated heterocycles. The first-order valence-corrected chi connectivity index (χ1v) is 6.17. The lowest BCUT2D eigenvalue weighted by Crippen LogP contribution is -2.36. The SMILES string of the molecule is Cc1ccc(C(C)NCC2CCCN2C)o1. The Balaban J connectivity index is 1.81. The maximum atomic E-state index is 5.61. The number of nitrogens with zero attached hydrogens (tertiary/aromatic N) is 1. The predicted octanol–water partition coefficient (Wildman–Crippen LogP) is 2.33. The standard InChI is InChI=1S/C13H22N2O/c1-10-6-7-13(16-10)11(2)14-9-12-5-4-8-15(12)3/h6-7,11-12,14H,4-5,8-9H2,1-3H3. The third-order valence-corrected chi connectivity index (χ3v) is 3.52. The summed E-state index contributed by atoms with van der Waals surface area (Å²) in [5, 5.41) is 3.55. The van der Waals surface area contributed by atoms with Crippen LogP contribution in [0.15, 0.2) is 16.5 Å². The molecule has 0 bridgehead atoms. The molecule has 1 fully saturated rings. The second-order valence-electron chi connectivity index (χ2n) is 4.86. The summed E-state index contributed by atoms with van der Waals surface area (Å²) in [6.07, 6.45) is 2.64. The van der Waals surface area contributed by atoms with Gasteiger partial charge in [-0.15, -0.1) is 0 Å². The molecule has 3 heteroatoms. The van der Waals surface area contributed by atoms with Crippen LogP contribution in [-0.2, 0) is 0 Å². The number of hydrogen-bond donors (Lipinski definition) is 1. The van der Waals surface area contributed by atoms with Gasteiger partial charge in [-0.3, -0.25) is 0 Å². The van der Waals surface area contributed by atoms with Crippen LogP contribution >= 0.6 is 0 Å². The number of nitrogens with one attached hydrogen (secondary N) is 1. The van der Waals surface area contributed by atoms with Gasteiger partial charge in [-0.2, -0.15) is 0 Å². The summed E-state index contributed by atoms with van der Waals surface area (Å²) in [5.41, 5.74) is 0. The molecule has 0 saturated carbocycles. The summed E-state index contributed by atoms with van der Waals surface area (Å²) < 4.78 is 5.61. The fourth-order valence-electron chi connectivity index (χ4n) is 2.34. The Morgan fingerprint density at radius 3 is 2.94 bits per heavy atom. The molecule has 0 spiro atoms.